The molecule has 0 unspecified atom stereocenters. The number of benzene rings is 3. The van der Waals surface area contributed by atoms with Crippen molar-refractivity contribution >= 4 is 15.7 Å². The number of aryl methyl sites for hydroxylation is 1. The lowest BCUT2D eigenvalue weighted by Crippen LogP contribution is -2.27. The molecule has 0 saturated carbocycles. The first-order valence-corrected chi connectivity index (χ1v) is 11.3. The summed E-state index contributed by atoms with van der Waals surface area (Å²) in [5.41, 5.74) is 3.34. The van der Waals surface area contributed by atoms with Gasteiger partial charge in [-0.2, -0.15) is 17.9 Å². The maximum atomic E-state index is 13.5. The van der Waals surface area contributed by atoms with Crippen LogP contribution in [-0.2, 0) is 10.0 Å². The first kappa shape index (κ1) is 20.9. The second-order valence-corrected chi connectivity index (χ2v) is 9.13. The van der Waals surface area contributed by atoms with Crippen molar-refractivity contribution < 1.29 is 17.9 Å². The second-order valence-electron chi connectivity index (χ2n) is 7.34. The molecule has 0 aliphatic carbocycles. The summed E-state index contributed by atoms with van der Waals surface area (Å²) >= 11 is 0. The van der Waals surface area contributed by atoms with E-state index >= 15 is 0 Å². The summed E-state index contributed by atoms with van der Waals surface area (Å²) in [6.07, 6.45) is 0.449. The number of ether oxygens (including phenoxy) is 2. The van der Waals surface area contributed by atoms with Gasteiger partial charge in [0.1, 0.15) is 0 Å². The van der Waals surface area contributed by atoms with Crippen LogP contribution < -0.4 is 9.47 Å². The summed E-state index contributed by atoms with van der Waals surface area (Å²) in [4.78, 5) is 0.219. The highest BCUT2D eigenvalue weighted by Crippen LogP contribution is 2.38. The zero-order chi connectivity index (χ0) is 22.0. The average molecular weight is 437 g/mol. The maximum Gasteiger partial charge on any atom is 0.279 e. The summed E-state index contributed by atoms with van der Waals surface area (Å²) in [5, 5.41) is 4.58. The number of methoxy groups -OCH3 is 2. The number of hydrogen-bond donors (Lipinski definition) is 0. The minimum absolute atomic E-state index is 0.219. The van der Waals surface area contributed by atoms with Crippen LogP contribution in [0, 0.1) is 6.92 Å². The highest BCUT2D eigenvalue weighted by Gasteiger charge is 2.37. The first-order chi connectivity index (χ1) is 14.9. The maximum absolute atomic E-state index is 13.5. The van der Waals surface area contributed by atoms with E-state index in [0.717, 1.165) is 16.7 Å². The molecule has 0 radical (unpaired) electrons. The minimum atomic E-state index is -3.83. The molecule has 31 heavy (non-hydrogen) atoms. The third kappa shape index (κ3) is 4.01. The van der Waals surface area contributed by atoms with Gasteiger partial charge in [0.15, 0.2) is 11.5 Å². The SMILES string of the molecule is COc1ccc(C2=NN(S(=O)(=O)c3ccc(C)cc3)[C@H](c3ccccc3)C2)cc1OC. The van der Waals surface area contributed by atoms with E-state index in [9.17, 15) is 8.42 Å². The average Bonchev–Trinajstić information content (AvgIpc) is 3.26. The fourth-order valence-electron chi connectivity index (χ4n) is 3.64. The first-order valence-electron chi connectivity index (χ1n) is 9.90. The predicted molar refractivity (Wildman–Crippen MR) is 120 cm³/mol. The molecule has 1 aliphatic rings. The van der Waals surface area contributed by atoms with Crippen molar-refractivity contribution in [2.75, 3.05) is 14.2 Å². The fourth-order valence-corrected chi connectivity index (χ4v) is 5.08. The van der Waals surface area contributed by atoms with Crippen LogP contribution in [0.5, 0.6) is 11.5 Å². The second kappa shape index (κ2) is 8.43. The minimum Gasteiger partial charge on any atom is -0.493 e. The molecule has 0 amide bonds. The Morgan fingerprint density at radius 1 is 0.903 bits per heavy atom. The van der Waals surface area contributed by atoms with E-state index in [1.807, 2.05) is 49.4 Å². The lowest BCUT2D eigenvalue weighted by molar-refractivity contribution is 0.355. The lowest BCUT2D eigenvalue weighted by atomic mass is 9.99. The molecule has 4 rings (SSSR count). The van der Waals surface area contributed by atoms with Crippen LogP contribution in [0.15, 0.2) is 82.8 Å². The highest BCUT2D eigenvalue weighted by atomic mass is 32.2. The Morgan fingerprint density at radius 2 is 1.58 bits per heavy atom. The lowest BCUT2D eigenvalue weighted by Gasteiger charge is -2.23. The fraction of sp³-hybridized carbons (Fsp3) is 0.208. The molecule has 0 spiro atoms. The number of hydrogen-bond acceptors (Lipinski definition) is 5. The van der Waals surface area contributed by atoms with Crippen molar-refractivity contribution in [3.8, 4) is 11.5 Å². The Morgan fingerprint density at radius 3 is 2.23 bits per heavy atom. The molecule has 0 aromatic heterocycles. The van der Waals surface area contributed by atoms with Crippen LogP contribution in [0.2, 0.25) is 0 Å². The third-order valence-corrected chi connectivity index (χ3v) is 7.04. The van der Waals surface area contributed by atoms with E-state index in [1.54, 1.807) is 44.6 Å². The van der Waals surface area contributed by atoms with E-state index < -0.39 is 16.1 Å². The van der Waals surface area contributed by atoms with Gasteiger partial charge in [-0.15, -0.1) is 0 Å². The third-order valence-electron chi connectivity index (χ3n) is 5.34. The summed E-state index contributed by atoms with van der Waals surface area (Å²) in [7, 11) is -0.689. The van der Waals surface area contributed by atoms with Gasteiger partial charge in [-0.25, -0.2) is 0 Å². The van der Waals surface area contributed by atoms with Gasteiger partial charge < -0.3 is 9.47 Å². The molecule has 7 heteroatoms. The Labute approximate surface area is 182 Å². The van der Waals surface area contributed by atoms with Gasteiger partial charge in [0.2, 0.25) is 0 Å². The van der Waals surface area contributed by atoms with Crippen LogP contribution in [0.1, 0.15) is 29.2 Å². The van der Waals surface area contributed by atoms with Gasteiger partial charge in [0.05, 0.1) is 30.9 Å². The molecule has 3 aromatic carbocycles. The van der Waals surface area contributed by atoms with Crippen molar-refractivity contribution in [2.24, 2.45) is 5.10 Å². The van der Waals surface area contributed by atoms with E-state index in [2.05, 4.69) is 5.10 Å². The highest BCUT2D eigenvalue weighted by molar-refractivity contribution is 7.89. The normalized spacial score (nSPS) is 16.2. The van der Waals surface area contributed by atoms with Crippen LogP contribution in [0.4, 0.5) is 0 Å². The van der Waals surface area contributed by atoms with Crippen molar-refractivity contribution in [2.45, 2.75) is 24.3 Å². The zero-order valence-corrected chi connectivity index (χ0v) is 18.5. The molecule has 1 heterocycles. The van der Waals surface area contributed by atoms with E-state index in [-0.39, 0.29) is 4.90 Å². The Bertz CT molecular complexity index is 1210. The smallest absolute Gasteiger partial charge is 0.279 e. The molecule has 0 fully saturated rings. The molecular weight excluding hydrogens is 412 g/mol. The van der Waals surface area contributed by atoms with Crippen molar-refractivity contribution in [1.29, 1.82) is 0 Å². The van der Waals surface area contributed by atoms with Gasteiger partial charge in [-0.1, -0.05) is 48.0 Å². The van der Waals surface area contributed by atoms with Gasteiger partial charge in [0.25, 0.3) is 10.0 Å². The number of rotatable bonds is 6. The number of nitrogens with zero attached hydrogens (tertiary/aromatic N) is 2. The zero-order valence-electron chi connectivity index (χ0n) is 17.6. The quantitative estimate of drug-likeness (QED) is 0.568. The van der Waals surface area contributed by atoms with Gasteiger partial charge in [-0.05, 0) is 42.8 Å². The summed E-state index contributed by atoms with van der Waals surface area (Å²) in [5.74, 6) is 1.17. The number of sulfonamides is 1. The molecule has 3 aromatic rings. The van der Waals surface area contributed by atoms with E-state index in [4.69, 9.17) is 9.47 Å². The molecule has 0 bridgehead atoms. The molecule has 1 atom stereocenters. The monoisotopic (exact) mass is 436 g/mol. The van der Waals surface area contributed by atoms with E-state index in [0.29, 0.717) is 23.6 Å². The van der Waals surface area contributed by atoms with Crippen molar-refractivity contribution in [3.63, 3.8) is 0 Å². The molecule has 1 aliphatic heterocycles. The molecule has 6 nitrogen and oxygen atoms in total. The number of hydrazone groups is 1. The van der Waals surface area contributed by atoms with Gasteiger partial charge >= 0.3 is 0 Å². The molecule has 0 saturated heterocycles. The Kier molecular flexibility index (Phi) is 5.69. The largest absolute Gasteiger partial charge is 0.493 e. The Balaban J connectivity index is 1.79. The van der Waals surface area contributed by atoms with Crippen molar-refractivity contribution in [3.05, 3.63) is 89.5 Å². The summed E-state index contributed by atoms with van der Waals surface area (Å²) in [6.45, 7) is 1.92. The van der Waals surface area contributed by atoms with Crippen LogP contribution in [-0.4, -0.2) is 32.8 Å². The molecule has 160 valence electrons. The standard InChI is InChI=1S/C24H24N2O4S/c1-17-9-12-20(13-10-17)31(27,28)26-22(18-7-5-4-6-8-18)16-21(25-26)19-11-14-23(29-2)24(15-19)30-3/h4-15,22H,16H2,1-3H3/t22-/m0/s1. The summed E-state index contributed by atoms with van der Waals surface area (Å²) in [6, 6.07) is 21.4. The summed E-state index contributed by atoms with van der Waals surface area (Å²) < 4.78 is 39.0. The van der Waals surface area contributed by atoms with Crippen LogP contribution >= 0.6 is 0 Å². The van der Waals surface area contributed by atoms with Crippen LogP contribution in [0.3, 0.4) is 0 Å². The van der Waals surface area contributed by atoms with Crippen LogP contribution in [0.25, 0.3) is 0 Å². The molecular formula is C24H24N2O4S. The van der Waals surface area contributed by atoms with Crippen molar-refractivity contribution in [1.82, 2.24) is 4.41 Å². The van der Waals surface area contributed by atoms with E-state index in [1.165, 1.54) is 4.41 Å². The molecule has 0 N–H and O–H groups in total. The van der Waals surface area contributed by atoms with Gasteiger partial charge in [0, 0.05) is 12.0 Å². The topological polar surface area (TPSA) is 68.2 Å². The Hall–Kier alpha value is -3.32. The predicted octanol–water partition coefficient (Wildman–Crippen LogP) is 4.55. The van der Waals surface area contributed by atoms with Gasteiger partial charge in [-0.3, -0.25) is 0 Å².